The number of Topliss-reactive ketones (excluding diaryl/α,β-unsaturated/α-hetero) is 1. The largest absolute Gasteiger partial charge is 0.489 e. The number of nitrogens with zero attached hydrogens (tertiary/aromatic N) is 4. The molecule has 176 valence electrons. The zero-order chi connectivity index (χ0) is 22.9. The van der Waals surface area contributed by atoms with E-state index < -0.39 is 0 Å². The first kappa shape index (κ1) is 22.4. The molecule has 3 saturated heterocycles. The molecule has 0 saturated carbocycles. The molecular weight excluding hydrogens is 440 g/mol. The first-order chi connectivity index (χ1) is 15.9. The number of carbonyl (C=O) groups is 1. The number of benzene rings is 1. The first-order valence-electron chi connectivity index (χ1n) is 11.9. The van der Waals surface area contributed by atoms with Crippen LogP contribution in [0, 0.1) is 0 Å². The maximum Gasteiger partial charge on any atom is 0.227 e. The Morgan fingerprint density at radius 1 is 1.15 bits per heavy atom. The number of hydrogen-bond acceptors (Lipinski definition) is 7. The fourth-order valence-corrected chi connectivity index (χ4v) is 5.35. The Morgan fingerprint density at radius 3 is 2.58 bits per heavy atom. The Morgan fingerprint density at radius 2 is 1.88 bits per heavy atom. The summed E-state index contributed by atoms with van der Waals surface area (Å²) in [7, 11) is 0. The summed E-state index contributed by atoms with van der Waals surface area (Å²) in [4.78, 5) is 25.1. The monoisotopic (exact) mass is 470 g/mol. The van der Waals surface area contributed by atoms with Gasteiger partial charge in [0.05, 0.1) is 24.9 Å². The van der Waals surface area contributed by atoms with Crippen molar-refractivity contribution in [2.75, 3.05) is 36.0 Å². The summed E-state index contributed by atoms with van der Waals surface area (Å²) in [6.07, 6.45) is 6.05. The van der Waals surface area contributed by atoms with Gasteiger partial charge in [-0.3, -0.25) is 0 Å². The van der Waals surface area contributed by atoms with Crippen molar-refractivity contribution in [3.8, 4) is 5.75 Å². The van der Waals surface area contributed by atoms with Crippen molar-refractivity contribution in [1.82, 2.24) is 9.97 Å². The van der Waals surface area contributed by atoms with Crippen LogP contribution in [0.1, 0.15) is 51.0 Å². The van der Waals surface area contributed by atoms with Crippen LogP contribution in [0.2, 0.25) is 5.02 Å². The van der Waals surface area contributed by atoms with E-state index in [0.717, 1.165) is 68.5 Å². The van der Waals surface area contributed by atoms with Crippen LogP contribution in [0.5, 0.6) is 5.75 Å². The van der Waals surface area contributed by atoms with Crippen molar-refractivity contribution < 1.29 is 14.3 Å². The van der Waals surface area contributed by atoms with Gasteiger partial charge in [0.2, 0.25) is 5.95 Å². The van der Waals surface area contributed by atoms with E-state index in [4.69, 9.17) is 26.1 Å². The molecule has 3 fully saturated rings. The van der Waals surface area contributed by atoms with Crippen molar-refractivity contribution >= 4 is 29.2 Å². The second-order valence-corrected chi connectivity index (χ2v) is 9.96. The number of ketones is 1. The van der Waals surface area contributed by atoms with Crippen LogP contribution in [0.25, 0.3) is 0 Å². The number of halogens is 1. The predicted molar refractivity (Wildman–Crippen MR) is 129 cm³/mol. The van der Waals surface area contributed by atoms with Gasteiger partial charge in [-0.1, -0.05) is 30.7 Å². The van der Waals surface area contributed by atoms with Gasteiger partial charge in [-0.2, -0.15) is 4.98 Å². The highest BCUT2D eigenvalue weighted by Crippen LogP contribution is 2.32. The first-order valence-corrected chi connectivity index (χ1v) is 12.3. The van der Waals surface area contributed by atoms with E-state index in [-0.39, 0.29) is 30.0 Å². The Labute approximate surface area is 200 Å². The Balaban J connectivity index is 1.22. The Hall–Kier alpha value is -2.38. The van der Waals surface area contributed by atoms with E-state index in [1.165, 1.54) is 0 Å². The molecule has 8 heteroatoms. The van der Waals surface area contributed by atoms with Crippen LogP contribution in [-0.4, -0.2) is 60.2 Å². The van der Waals surface area contributed by atoms with Gasteiger partial charge in [0, 0.05) is 32.5 Å². The van der Waals surface area contributed by atoms with Gasteiger partial charge in [0.25, 0.3) is 0 Å². The quantitative estimate of drug-likeness (QED) is 0.599. The summed E-state index contributed by atoms with van der Waals surface area (Å²) in [6.45, 7) is 6.95. The average Bonchev–Trinajstić information content (AvgIpc) is 3.39. The van der Waals surface area contributed by atoms with Crippen LogP contribution in [0.3, 0.4) is 0 Å². The van der Waals surface area contributed by atoms with Crippen molar-refractivity contribution in [3.05, 3.63) is 41.0 Å². The summed E-state index contributed by atoms with van der Waals surface area (Å²) in [5.41, 5.74) is 1.16. The average molecular weight is 471 g/mol. The molecular formula is C25H31ClN4O3. The zero-order valence-corrected chi connectivity index (χ0v) is 20.0. The molecule has 4 atom stereocenters. The van der Waals surface area contributed by atoms with Crippen molar-refractivity contribution in [2.45, 2.75) is 63.8 Å². The van der Waals surface area contributed by atoms with Gasteiger partial charge in [0.1, 0.15) is 22.7 Å². The molecule has 3 aliphatic rings. The van der Waals surface area contributed by atoms with Gasteiger partial charge in [0.15, 0.2) is 5.82 Å². The van der Waals surface area contributed by atoms with Crippen LogP contribution < -0.4 is 14.5 Å². The van der Waals surface area contributed by atoms with E-state index in [0.29, 0.717) is 11.4 Å². The number of hydrogen-bond donors (Lipinski definition) is 0. The minimum Gasteiger partial charge on any atom is -0.489 e. The highest BCUT2D eigenvalue weighted by Gasteiger charge is 2.35. The van der Waals surface area contributed by atoms with Crippen LogP contribution >= 0.6 is 11.6 Å². The molecule has 0 N–H and O–H groups in total. The summed E-state index contributed by atoms with van der Waals surface area (Å²) < 4.78 is 12.2. The smallest absolute Gasteiger partial charge is 0.227 e. The number of rotatable bonds is 7. The van der Waals surface area contributed by atoms with Crippen molar-refractivity contribution in [2.24, 2.45) is 0 Å². The lowest BCUT2D eigenvalue weighted by molar-refractivity contribution is -0.117. The van der Waals surface area contributed by atoms with Gasteiger partial charge in [-0.05, 0) is 43.4 Å². The standard InChI is InChI=1S/C25H31ClN4O3/c1-16(11-17(2)31)18-3-5-19(6-4-18)32-22-9-10-29(13-22)24-23(26)12-27-25(28-24)30-14-20-7-8-21(15-30)33-20/h3-6,12,16,20-22H,7-11,13-15H2,1-2H3/t16-,20+,21+,22-/m1/s1. The fraction of sp³-hybridized carbons (Fsp3) is 0.560. The van der Waals surface area contributed by atoms with Crippen molar-refractivity contribution in [1.29, 1.82) is 0 Å². The third-order valence-corrected chi connectivity index (χ3v) is 7.10. The van der Waals surface area contributed by atoms with E-state index >= 15 is 0 Å². The molecule has 4 heterocycles. The molecule has 5 rings (SSSR count). The lowest BCUT2D eigenvalue weighted by Gasteiger charge is -2.32. The van der Waals surface area contributed by atoms with Gasteiger partial charge in [-0.15, -0.1) is 0 Å². The Bertz CT molecular complexity index is 990. The van der Waals surface area contributed by atoms with Gasteiger partial charge >= 0.3 is 0 Å². The van der Waals surface area contributed by atoms with Gasteiger partial charge in [-0.25, -0.2) is 4.98 Å². The molecule has 0 unspecified atom stereocenters. The molecule has 0 amide bonds. The van der Waals surface area contributed by atoms with Crippen LogP contribution in [-0.2, 0) is 9.53 Å². The lowest BCUT2D eigenvalue weighted by Crippen LogP contribution is -2.43. The van der Waals surface area contributed by atoms with E-state index in [9.17, 15) is 4.79 Å². The second kappa shape index (κ2) is 9.47. The molecule has 0 radical (unpaired) electrons. The third kappa shape index (κ3) is 5.09. The summed E-state index contributed by atoms with van der Waals surface area (Å²) in [5.74, 6) is 2.78. The highest BCUT2D eigenvalue weighted by atomic mass is 35.5. The summed E-state index contributed by atoms with van der Waals surface area (Å²) >= 11 is 6.50. The summed E-state index contributed by atoms with van der Waals surface area (Å²) in [5, 5.41) is 0.569. The molecule has 33 heavy (non-hydrogen) atoms. The molecule has 1 aromatic carbocycles. The van der Waals surface area contributed by atoms with E-state index in [1.54, 1.807) is 13.1 Å². The minimum atomic E-state index is 0.0687. The number of carbonyl (C=O) groups excluding carboxylic acids is 1. The number of aromatic nitrogens is 2. The normalized spacial score (nSPS) is 25.4. The summed E-state index contributed by atoms with van der Waals surface area (Å²) in [6, 6.07) is 8.10. The molecule has 0 spiro atoms. The molecule has 2 aromatic rings. The molecule has 1 aromatic heterocycles. The zero-order valence-electron chi connectivity index (χ0n) is 19.2. The van der Waals surface area contributed by atoms with Crippen LogP contribution in [0.15, 0.2) is 30.5 Å². The maximum atomic E-state index is 11.4. The van der Waals surface area contributed by atoms with Crippen LogP contribution in [0.4, 0.5) is 11.8 Å². The Kier molecular flexibility index (Phi) is 6.43. The number of morpholine rings is 1. The number of ether oxygens (including phenoxy) is 2. The van der Waals surface area contributed by atoms with Gasteiger partial charge < -0.3 is 24.1 Å². The second-order valence-electron chi connectivity index (χ2n) is 9.55. The van der Waals surface area contributed by atoms with Crippen molar-refractivity contribution in [3.63, 3.8) is 0 Å². The maximum absolute atomic E-state index is 11.4. The van der Waals surface area contributed by atoms with E-state index in [1.807, 2.05) is 12.1 Å². The molecule has 3 aliphatic heterocycles. The number of fused-ring (bicyclic) bond motifs is 2. The van der Waals surface area contributed by atoms with E-state index in [2.05, 4.69) is 33.8 Å². The molecule has 0 aliphatic carbocycles. The minimum absolute atomic E-state index is 0.0687. The topological polar surface area (TPSA) is 67.8 Å². The predicted octanol–water partition coefficient (Wildman–Crippen LogP) is 4.24. The SMILES string of the molecule is CC(=O)C[C@@H](C)c1ccc(O[C@@H]2CCN(c3nc(N4C[C@@H]5CC[C@@H](C4)O5)ncc3Cl)C2)cc1. The fourth-order valence-electron chi connectivity index (χ4n) is 5.13. The third-order valence-electron chi connectivity index (χ3n) is 6.83. The highest BCUT2D eigenvalue weighted by molar-refractivity contribution is 6.32. The molecule has 2 bridgehead atoms. The number of anilines is 2. The molecule has 7 nitrogen and oxygen atoms in total. The lowest BCUT2D eigenvalue weighted by atomic mass is 9.96.